The Bertz CT molecular complexity index is 1750. The molecule has 3 heterocycles. The average molecular weight is 747 g/mol. The fourth-order valence-electron chi connectivity index (χ4n) is 4.90. The van der Waals surface area contributed by atoms with E-state index in [1.807, 2.05) is 42.7 Å². The summed E-state index contributed by atoms with van der Waals surface area (Å²) in [5.74, 6) is 1.01. The van der Waals surface area contributed by atoms with Crippen molar-refractivity contribution in [3.63, 3.8) is 0 Å². The van der Waals surface area contributed by atoms with Crippen molar-refractivity contribution >= 4 is 35.2 Å². The molecule has 0 saturated carbocycles. The molecule has 3 nitrogen and oxygen atoms in total. The standard InChI is InChI=1S/C23H24NOSi.C14H14N.Ir/c1-15(2)16-12-13-20(24-14-16)19-10-6-8-17-18-9-7-11-21(26(3,4)5)23(18)25-22(17)19;1-11(2)13-8-9-14(15-10-13)12-6-4-3-5-7-12;/h6-9,11-15H,1-5H3;3-6,8-11H,1-2H3;/q2*-1;. The molecule has 1 radical (unpaired) electrons. The van der Waals surface area contributed by atoms with E-state index < -0.39 is 8.07 Å². The third-order valence-corrected chi connectivity index (χ3v) is 9.42. The summed E-state index contributed by atoms with van der Waals surface area (Å²) in [5.41, 5.74) is 8.32. The van der Waals surface area contributed by atoms with Gasteiger partial charge >= 0.3 is 0 Å². The van der Waals surface area contributed by atoms with Crippen molar-refractivity contribution in [1.82, 2.24) is 9.97 Å². The molecule has 3 aromatic heterocycles. The van der Waals surface area contributed by atoms with E-state index >= 15 is 0 Å². The van der Waals surface area contributed by atoms with Gasteiger partial charge in [-0.3, -0.25) is 0 Å². The molecule has 6 rings (SSSR count). The summed E-state index contributed by atoms with van der Waals surface area (Å²) in [6, 6.07) is 33.4. The van der Waals surface area contributed by atoms with Crippen LogP contribution in [0.5, 0.6) is 0 Å². The third-order valence-electron chi connectivity index (χ3n) is 7.41. The number of hydrogen-bond acceptors (Lipinski definition) is 3. The van der Waals surface area contributed by atoms with Gasteiger partial charge in [-0.05, 0) is 39.5 Å². The van der Waals surface area contributed by atoms with Gasteiger partial charge in [0, 0.05) is 37.9 Å². The van der Waals surface area contributed by atoms with Crippen LogP contribution in [0.15, 0.2) is 95.7 Å². The van der Waals surface area contributed by atoms with E-state index in [1.165, 1.54) is 21.7 Å². The van der Waals surface area contributed by atoms with Crippen LogP contribution in [-0.4, -0.2) is 18.0 Å². The Morgan fingerprint density at radius 1 is 0.643 bits per heavy atom. The number of aromatic nitrogens is 2. The van der Waals surface area contributed by atoms with Crippen LogP contribution < -0.4 is 5.19 Å². The van der Waals surface area contributed by atoms with Gasteiger partial charge in [-0.2, -0.15) is 0 Å². The van der Waals surface area contributed by atoms with Crippen LogP contribution in [0.3, 0.4) is 0 Å². The van der Waals surface area contributed by atoms with Gasteiger partial charge in [0.2, 0.25) is 0 Å². The number of benzene rings is 3. The van der Waals surface area contributed by atoms with Crippen molar-refractivity contribution in [2.75, 3.05) is 0 Å². The molecule has 5 heteroatoms. The monoisotopic (exact) mass is 747 g/mol. The average Bonchev–Trinajstić information content (AvgIpc) is 3.36. The number of nitrogens with zero attached hydrogens (tertiary/aromatic N) is 2. The molecule has 0 aliphatic heterocycles. The molecular formula is C37H38IrN2OSi-2. The molecule has 0 unspecified atom stereocenters. The van der Waals surface area contributed by atoms with Crippen molar-refractivity contribution in [1.29, 1.82) is 0 Å². The van der Waals surface area contributed by atoms with Crippen LogP contribution in [0.4, 0.5) is 0 Å². The quantitative estimate of drug-likeness (QED) is 0.130. The maximum Gasteiger partial charge on any atom is 0.120 e. The first kappa shape index (κ1) is 31.6. The molecule has 0 spiro atoms. The van der Waals surface area contributed by atoms with E-state index in [-0.39, 0.29) is 20.1 Å². The molecule has 6 aromatic rings. The summed E-state index contributed by atoms with van der Waals surface area (Å²) in [7, 11) is -1.50. The Hall–Kier alpha value is -3.37. The fraction of sp³-hybridized carbons (Fsp3) is 0.243. The Balaban J connectivity index is 0.000000216. The number of rotatable bonds is 5. The second-order valence-electron chi connectivity index (χ2n) is 12.2. The molecule has 0 fully saturated rings. The van der Waals surface area contributed by atoms with Crippen LogP contribution in [0.25, 0.3) is 44.5 Å². The fourth-order valence-corrected chi connectivity index (χ4v) is 6.36. The summed E-state index contributed by atoms with van der Waals surface area (Å²) < 4.78 is 6.44. The van der Waals surface area contributed by atoms with E-state index in [0.29, 0.717) is 11.8 Å². The molecule has 3 aromatic carbocycles. The summed E-state index contributed by atoms with van der Waals surface area (Å²) in [4.78, 5) is 9.12. The summed E-state index contributed by atoms with van der Waals surface area (Å²) in [5, 5.41) is 3.69. The van der Waals surface area contributed by atoms with Crippen LogP contribution in [0.1, 0.15) is 50.7 Å². The number of pyridine rings is 2. The first-order valence-corrected chi connectivity index (χ1v) is 17.9. The van der Waals surface area contributed by atoms with Gasteiger partial charge in [0.15, 0.2) is 0 Å². The molecular weight excluding hydrogens is 709 g/mol. The predicted molar refractivity (Wildman–Crippen MR) is 175 cm³/mol. The van der Waals surface area contributed by atoms with Gasteiger partial charge in [0.25, 0.3) is 0 Å². The zero-order valence-electron chi connectivity index (χ0n) is 25.5. The molecule has 0 amide bonds. The van der Waals surface area contributed by atoms with Gasteiger partial charge < -0.3 is 14.4 Å². The topological polar surface area (TPSA) is 38.9 Å². The summed E-state index contributed by atoms with van der Waals surface area (Å²) in [6.07, 6.45) is 3.91. The van der Waals surface area contributed by atoms with Crippen molar-refractivity contribution in [3.8, 4) is 22.5 Å². The van der Waals surface area contributed by atoms with Crippen molar-refractivity contribution < 1.29 is 24.5 Å². The van der Waals surface area contributed by atoms with Gasteiger partial charge in [0.1, 0.15) is 5.58 Å². The molecule has 0 bridgehead atoms. The molecule has 0 saturated heterocycles. The first-order chi connectivity index (χ1) is 19.6. The molecule has 0 N–H and O–H groups in total. The number of fused-ring (bicyclic) bond motifs is 3. The van der Waals surface area contributed by atoms with E-state index in [4.69, 9.17) is 4.42 Å². The largest absolute Gasteiger partial charge is 0.501 e. The zero-order chi connectivity index (χ0) is 29.1. The maximum atomic E-state index is 6.44. The Morgan fingerprint density at radius 2 is 1.29 bits per heavy atom. The van der Waals surface area contributed by atoms with Crippen molar-refractivity contribution in [2.24, 2.45) is 0 Å². The molecule has 217 valence electrons. The SMILES string of the molecule is CC(C)c1ccc(-c2[c-]ccc3c2oc2c([Si](C)(C)C)cccc23)nc1.CC(C)c1ccc(-c2[c-]cccc2)nc1.[Ir]. The smallest absolute Gasteiger partial charge is 0.120 e. The second-order valence-corrected chi connectivity index (χ2v) is 17.2. The summed E-state index contributed by atoms with van der Waals surface area (Å²) >= 11 is 0. The predicted octanol–water partition coefficient (Wildman–Crippen LogP) is 9.79. The number of furan rings is 1. The van der Waals surface area contributed by atoms with Gasteiger partial charge in [0.05, 0.1) is 13.7 Å². The first-order valence-electron chi connectivity index (χ1n) is 14.4. The van der Waals surface area contributed by atoms with Gasteiger partial charge in [-0.1, -0.05) is 101 Å². The van der Waals surface area contributed by atoms with E-state index in [0.717, 1.165) is 39.1 Å². The minimum Gasteiger partial charge on any atom is -0.501 e. The maximum absolute atomic E-state index is 6.44. The normalized spacial score (nSPS) is 11.5. The van der Waals surface area contributed by atoms with Crippen LogP contribution in [-0.2, 0) is 20.1 Å². The zero-order valence-corrected chi connectivity index (χ0v) is 28.8. The van der Waals surface area contributed by atoms with Gasteiger partial charge in [-0.25, -0.2) is 0 Å². The van der Waals surface area contributed by atoms with E-state index in [1.54, 1.807) is 0 Å². The van der Waals surface area contributed by atoms with Crippen molar-refractivity contribution in [3.05, 3.63) is 115 Å². The van der Waals surface area contributed by atoms with E-state index in [2.05, 4.69) is 118 Å². The Kier molecular flexibility index (Phi) is 9.99. The minimum absolute atomic E-state index is 0. The molecule has 42 heavy (non-hydrogen) atoms. The molecule has 0 aliphatic rings. The van der Waals surface area contributed by atoms with E-state index in [9.17, 15) is 0 Å². The Morgan fingerprint density at radius 3 is 1.83 bits per heavy atom. The van der Waals surface area contributed by atoms with Crippen molar-refractivity contribution in [2.45, 2.75) is 59.2 Å². The van der Waals surface area contributed by atoms with Crippen LogP contribution >= 0.6 is 0 Å². The van der Waals surface area contributed by atoms with Crippen LogP contribution in [0, 0.1) is 12.1 Å². The second kappa shape index (κ2) is 13.3. The Labute approximate surface area is 264 Å². The third kappa shape index (κ3) is 6.81. The van der Waals surface area contributed by atoms with Gasteiger partial charge in [-0.15, -0.1) is 54.1 Å². The minimum atomic E-state index is -1.50. The number of hydrogen-bond donors (Lipinski definition) is 0. The van der Waals surface area contributed by atoms with Crippen LogP contribution in [0.2, 0.25) is 19.6 Å². The molecule has 0 atom stereocenters. The summed E-state index contributed by atoms with van der Waals surface area (Å²) in [6.45, 7) is 15.8. The molecule has 0 aliphatic carbocycles. The number of para-hydroxylation sites is 1.